The van der Waals surface area contributed by atoms with E-state index in [9.17, 15) is 4.79 Å². The lowest BCUT2D eigenvalue weighted by Crippen LogP contribution is -2.34. The summed E-state index contributed by atoms with van der Waals surface area (Å²) in [5.74, 6) is -0.272. The maximum Gasteiger partial charge on any atom is 0.342 e. The third-order valence-corrected chi connectivity index (χ3v) is 4.16. The number of carbonyl (C=O) groups excluding carboxylic acids is 1. The van der Waals surface area contributed by atoms with Gasteiger partial charge in [-0.25, -0.2) is 4.79 Å². The van der Waals surface area contributed by atoms with E-state index in [2.05, 4.69) is 18.2 Å². The topological polar surface area (TPSA) is 29.5 Å². The molecular formula is C19H15NO2. The van der Waals surface area contributed by atoms with Crippen molar-refractivity contribution in [2.45, 2.75) is 6.23 Å². The van der Waals surface area contributed by atoms with Gasteiger partial charge in [0.05, 0.1) is 11.3 Å². The lowest BCUT2D eigenvalue weighted by molar-refractivity contribution is 0.0267. The average molecular weight is 289 g/mol. The Kier molecular flexibility index (Phi) is 2.86. The van der Waals surface area contributed by atoms with Gasteiger partial charge in [-0.15, -0.1) is 0 Å². The van der Waals surface area contributed by atoms with Crippen LogP contribution in [0.3, 0.4) is 0 Å². The van der Waals surface area contributed by atoms with Gasteiger partial charge >= 0.3 is 5.97 Å². The van der Waals surface area contributed by atoms with Gasteiger partial charge in [-0.05, 0) is 22.9 Å². The minimum Gasteiger partial charge on any atom is -0.433 e. The number of benzene rings is 3. The normalized spacial score (nSPS) is 17.2. The second kappa shape index (κ2) is 4.88. The first kappa shape index (κ1) is 12.9. The van der Waals surface area contributed by atoms with Crippen LogP contribution in [0.4, 0.5) is 5.69 Å². The molecule has 0 saturated carbocycles. The summed E-state index contributed by atoms with van der Waals surface area (Å²) in [6.45, 7) is 0. The van der Waals surface area contributed by atoms with E-state index in [1.165, 1.54) is 0 Å². The summed E-state index contributed by atoms with van der Waals surface area (Å²) in [6, 6.07) is 21.8. The standard InChI is InChI=1S/C19H15NO2/c1-20-17-12-5-4-10-16(17)19(21)22-18(20)15-11-6-8-13-7-2-3-9-14(13)15/h2-12,18H,1H3. The molecule has 1 heterocycles. The van der Waals surface area contributed by atoms with Crippen molar-refractivity contribution in [3.63, 3.8) is 0 Å². The molecule has 0 N–H and O–H groups in total. The van der Waals surface area contributed by atoms with Crippen LogP contribution in [0.5, 0.6) is 0 Å². The van der Waals surface area contributed by atoms with Gasteiger partial charge in [-0.1, -0.05) is 54.6 Å². The van der Waals surface area contributed by atoms with Crippen LogP contribution >= 0.6 is 0 Å². The van der Waals surface area contributed by atoms with Gasteiger partial charge in [-0.3, -0.25) is 0 Å². The number of anilines is 1. The quantitative estimate of drug-likeness (QED) is 0.630. The first-order valence-electron chi connectivity index (χ1n) is 7.26. The number of cyclic esters (lactones) is 1. The van der Waals surface area contributed by atoms with Crippen molar-refractivity contribution in [3.8, 4) is 0 Å². The molecule has 0 spiro atoms. The van der Waals surface area contributed by atoms with Gasteiger partial charge in [0.15, 0.2) is 0 Å². The van der Waals surface area contributed by atoms with E-state index in [0.29, 0.717) is 5.56 Å². The Hall–Kier alpha value is -2.81. The minimum absolute atomic E-state index is 0.272. The summed E-state index contributed by atoms with van der Waals surface area (Å²) in [6.07, 6.45) is -0.409. The number of esters is 1. The molecule has 0 aromatic heterocycles. The molecule has 0 saturated heterocycles. The second-order valence-electron chi connectivity index (χ2n) is 5.45. The molecule has 3 nitrogen and oxygen atoms in total. The zero-order chi connectivity index (χ0) is 15.1. The Morgan fingerprint density at radius 2 is 1.64 bits per heavy atom. The van der Waals surface area contributed by atoms with Crippen molar-refractivity contribution in [2.75, 3.05) is 11.9 Å². The number of carbonyl (C=O) groups is 1. The Balaban J connectivity index is 1.88. The number of nitrogens with zero attached hydrogens (tertiary/aromatic N) is 1. The molecule has 1 aliphatic heterocycles. The number of hydrogen-bond donors (Lipinski definition) is 0. The number of rotatable bonds is 1. The third-order valence-electron chi connectivity index (χ3n) is 4.16. The molecule has 0 bridgehead atoms. The summed E-state index contributed by atoms with van der Waals surface area (Å²) < 4.78 is 5.71. The second-order valence-corrected chi connectivity index (χ2v) is 5.45. The molecule has 3 heteroatoms. The van der Waals surface area contributed by atoms with Crippen LogP contribution in [0.25, 0.3) is 10.8 Å². The van der Waals surface area contributed by atoms with Crippen LogP contribution < -0.4 is 4.90 Å². The molecule has 1 unspecified atom stereocenters. The molecule has 1 aliphatic rings. The molecular weight excluding hydrogens is 274 g/mol. The third kappa shape index (κ3) is 1.86. The largest absolute Gasteiger partial charge is 0.433 e. The summed E-state index contributed by atoms with van der Waals surface area (Å²) in [4.78, 5) is 14.3. The lowest BCUT2D eigenvalue weighted by atomic mass is 10.0. The SMILES string of the molecule is CN1c2ccccc2C(=O)OC1c1cccc2ccccc12. The van der Waals surface area contributed by atoms with Crippen molar-refractivity contribution in [1.82, 2.24) is 0 Å². The summed E-state index contributed by atoms with van der Waals surface area (Å²) >= 11 is 0. The maximum absolute atomic E-state index is 12.3. The fourth-order valence-electron chi connectivity index (χ4n) is 3.06. The number of para-hydroxylation sites is 1. The van der Waals surface area contributed by atoms with Crippen molar-refractivity contribution in [3.05, 3.63) is 77.9 Å². The van der Waals surface area contributed by atoms with Crippen LogP contribution in [0.15, 0.2) is 66.7 Å². The zero-order valence-corrected chi connectivity index (χ0v) is 12.2. The Labute approximate surface area is 128 Å². The molecule has 22 heavy (non-hydrogen) atoms. The van der Waals surface area contributed by atoms with Crippen molar-refractivity contribution in [2.24, 2.45) is 0 Å². The molecule has 3 aromatic carbocycles. The molecule has 0 amide bonds. The van der Waals surface area contributed by atoms with Gasteiger partial charge in [0.25, 0.3) is 0 Å². The molecule has 4 rings (SSSR count). The monoisotopic (exact) mass is 289 g/mol. The fourth-order valence-corrected chi connectivity index (χ4v) is 3.06. The van der Waals surface area contributed by atoms with Gasteiger partial charge < -0.3 is 9.64 Å². The summed E-state index contributed by atoms with van der Waals surface area (Å²) in [5.41, 5.74) is 2.52. The van der Waals surface area contributed by atoms with E-state index in [1.807, 2.05) is 54.4 Å². The number of hydrogen-bond acceptors (Lipinski definition) is 3. The Morgan fingerprint density at radius 1 is 0.909 bits per heavy atom. The van der Waals surface area contributed by atoms with Crippen LogP contribution in [0.2, 0.25) is 0 Å². The highest BCUT2D eigenvalue weighted by molar-refractivity contribution is 5.98. The van der Waals surface area contributed by atoms with Gasteiger partial charge in [0, 0.05) is 12.6 Å². The maximum atomic E-state index is 12.3. The van der Waals surface area contributed by atoms with E-state index < -0.39 is 6.23 Å². The fraction of sp³-hybridized carbons (Fsp3) is 0.105. The Bertz CT molecular complexity index is 867. The van der Waals surface area contributed by atoms with E-state index in [4.69, 9.17) is 4.74 Å². The predicted octanol–water partition coefficient (Wildman–Crippen LogP) is 4.15. The van der Waals surface area contributed by atoms with E-state index in [0.717, 1.165) is 22.0 Å². The van der Waals surface area contributed by atoms with Gasteiger partial charge in [0.2, 0.25) is 6.23 Å². The molecule has 0 aliphatic carbocycles. The molecule has 0 fully saturated rings. The van der Waals surface area contributed by atoms with Crippen LogP contribution in [-0.2, 0) is 4.74 Å². The summed E-state index contributed by atoms with van der Waals surface area (Å²) in [5, 5.41) is 2.25. The van der Waals surface area contributed by atoms with Crippen LogP contribution in [-0.4, -0.2) is 13.0 Å². The van der Waals surface area contributed by atoms with E-state index in [-0.39, 0.29) is 5.97 Å². The number of ether oxygens (including phenoxy) is 1. The zero-order valence-electron chi connectivity index (χ0n) is 12.2. The first-order chi connectivity index (χ1) is 10.8. The van der Waals surface area contributed by atoms with Crippen molar-refractivity contribution < 1.29 is 9.53 Å². The van der Waals surface area contributed by atoms with Crippen LogP contribution in [0, 0.1) is 0 Å². The van der Waals surface area contributed by atoms with E-state index in [1.54, 1.807) is 6.07 Å². The lowest BCUT2D eigenvalue weighted by Gasteiger charge is -2.35. The smallest absolute Gasteiger partial charge is 0.342 e. The van der Waals surface area contributed by atoms with Crippen LogP contribution in [0.1, 0.15) is 22.1 Å². The first-order valence-corrected chi connectivity index (χ1v) is 7.26. The van der Waals surface area contributed by atoms with Gasteiger partial charge in [-0.2, -0.15) is 0 Å². The van der Waals surface area contributed by atoms with Crippen molar-refractivity contribution >= 4 is 22.4 Å². The molecule has 0 radical (unpaired) electrons. The number of fused-ring (bicyclic) bond motifs is 2. The molecule has 3 aromatic rings. The Morgan fingerprint density at radius 3 is 2.55 bits per heavy atom. The molecule has 108 valence electrons. The minimum atomic E-state index is -0.409. The highest BCUT2D eigenvalue weighted by Crippen LogP contribution is 2.37. The molecule has 1 atom stereocenters. The van der Waals surface area contributed by atoms with E-state index >= 15 is 0 Å². The highest BCUT2D eigenvalue weighted by atomic mass is 16.6. The summed E-state index contributed by atoms with van der Waals surface area (Å²) in [7, 11) is 1.96. The predicted molar refractivity (Wildman–Crippen MR) is 86.9 cm³/mol. The average Bonchev–Trinajstić information content (AvgIpc) is 2.58. The van der Waals surface area contributed by atoms with Crippen molar-refractivity contribution in [1.29, 1.82) is 0 Å². The van der Waals surface area contributed by atoms with Gasteiger partial charge in [0.1, 0.15) is 0 Å². The highest BCUT2D eigenvalue weighted by Gasteiger charge is 2.32.